The van der Waals surface area contributed by atoms with Crippen LogP contribution in [-0.2, 0) is 16.1 Å². The molecule has 160 valence electrons. The Morgan fingerprint density at radius 2 is 1.86 bits per heavy atom. The topological polar surface area (TPSA) is 111 Å². The third-order valence-electron chi connectivity index (χ3n) is 5.51. The van der Waals surface area contributed by atoms with Crippen molar-refractivity contribution in [1.29, 1.82) is 0 Å². The fourth-order valence-corrected chi connectivity index (χ4v) is 3.90. The SMILES string of the molecule is O=C(NC(CO)C(=O)NC1CCCCC1)c1cc(O)cc(CN2CCOCC2)c1. The number of hydrogen-bond acceptors (Lipinski definition) is 6. The molecule has 1 saturated heterocycles. The quantitative estimate of drug-likeness (QED) is 0.533. The highest BCUT2D eigenvalue weighted by Gasteiger charge is 2.24. The number of carbonyl (C=O) groups is 2. The van der Waals surface area contributed by atoms with Gasteiger partial charge in [-0.2, -0.15) is 0 Å². The summed E-state index contributed by atoms with van der Waals surface area (Å²) in [6.07, 6.45) is 5.19. The molecule has 1 aromatic rings. The zero-order valence-corrected chi connectivity index (χ0v) is 16.7. The van der Waals surface area contributed by atoms with Gasteiger partial charge in [0.1, 0.15) is 11.8 Å². The lowest BCUT2D eigenvalue weighted by Crippen LogP contribution is -2.51. The zero-order valence-electron chi connectivity index (χ0n) is 16.7. The molecule has 2 aliphatic rings. The highest BCUT2D eigenvalue weighted by atomic mass is 16.5. The average Bonchev–Trinajstić information content (AvgIpc) is 2.72. The third kappa shape index (κ3) is 6.42. The molecule has 3 rings (SSSR count). The van der Waals surface area contributed by atoms with Crippen molar-refractivity contribution in [2.75, 3.05) is 32.9 Å². The number of aliphatic hydroxyl groups is 1. The van der Waals surface area contributed by atoms with Crippen LogP contribution in [0.1, 0.15) is 48.0 Å². The number of hydrogen-bond donors (Lipinski definition) is 4. The van der Waals surface area contributed by atoms with Crippen molar-refractivity contribution in [3.8, 4) is 5.75 Å². The molecule has 2 fully saturated rings. The van der Waals surface area contributed by atoms with Crippen LogP contribution in [0.25, 0.3) is 0 Å². The molecule has 1 unspecified atom stereocenters. The maximum absolute atomic E-state index is 12.7. The van der Waals surface area contributed by atoms with Crippen molar-refractivity contribution in [1.82, 2.24) is 15.5 Å². The first-order valence-corrected chi connectivity index (χ1v) is 10.4. The van der Waals surface area contributed by atoms with E-state index in [4.69, 9.17) is 4.74 Å². The van der Waals surface area contributed by atoms with Crippen molar-refractivity contribution < 1.29 is 24.5 Å². The number of aromatic hydroxyl groups is 1. The fraction of sp³-hybridized carbons (Fsp3) is 0.619. The van der Waals surface area contributed by atoms with Crippen molar-refractivity contribution in [2.24, 2.45) is 0 Å². The van der Waals surface area contributed by atoms with Crippen LogP contribution in [0, 0.1) is 0 Å². The van der Waals surface area contributed by atoms with E-state index < -0.39 is 18.6 Å². The summed E-state index contributed by atoms with van der Waals surface area (Å²) >= 11 is 0. The number of nitrogens with zero attached hydrogens (tertiary/aromatic N) is 1. The monoisotopic (exact) mass is 405 g/mol. The van der Waals surface area contributed by atoms with Gasteiger partial charge in [0.15, 0.2) is 0 Å². The first-order chi connectivity index (χ1) is 14.0. The molecule has 1 saturated carbocycles. The highest BCUT2D eigenvalue weighted by Crippen LogP contribution is 2.19. The van der Waals surface area contributed by atoms with Gasteiger partial charge in [0.25, 0.3) is 5.91 Å². The van der Waals surface area contributed by atoms with Crippen LogP contribution in [0.3, 0.4) is 0 Å². The molecule has 1 aliphatic heterocycles. The van der Waals surface area contributed by atoms with Crippen molar-refractivity contribution >= 4 is 11.8 Å². The van der Waals surface area contributed by atoms with E-state index in [1.165, 1.54) is 12.5 Å². The number of nitrogens with one attached hydrogen (secondary N) is 2. The first-order valence-electron chi connectivity index (χ1n) is 10.4. The average molecular weight is 405 g/mol. The summed E-state index contributed by atoms with van der Waals surface area (Å²) in [6.45, 7) is 3.05. The van der Waals surface area contributed by atoms with Crippen LogP contribution in [0.2, 0.25) is 0 Å². The molecule has 1 aromatic carbocycles. The molecule has 8 heteroatoms. The molecule has 1 aliphatic carbocycles. The van der Waals surface area contributed by atoms with Crippen LogP contribution in [-0.4, -0.2) is 71.9 Å². The number of amides is 2. The molecule has 29 heavy (non-hydrogen) atoms. The summed E-state index contributed by atoms with van der Waals surface area (Å²) in [5.74, 6) is -0.878. The van der Waals surface area contributed by atoms with Gasteiger partial charge >= 0.3 is 0 Å². The van der Waals surface area contributed by atoms with Gasteiger partial charge in [0, 0.05) is 31.2 Å². The molecule has 0 aromatic heterocycles. The van der Waals surface area contributed by atoms with Gasteiger partial charge < -0.3 is 25.6 Å². The number of rotatable bonds is 7. The second kappa shape index (κ2) is 10.6. The van der Waals surface area contributed by atoms with E-state index in [2.05, 4.69) is 15.5 Å². The predicted molar refractivity (Wildman–Crippen MR) is 108 cm³/mol. The lowest BCUT2D eigenvalue weighted by molar-refractivity contribution is -0.124. The summed E-state index contributed by atoms with van der Waals surface area (Å²) in [7, 11) is 0. The zero-order chi connectivity index (χ0) is 20.6. The van der Waals surface area contributed by atoms with Gasteiger partial charge in [-0.25, -0.2) is 0 Å². The van der Waals surface area contributed by atoms with Crippen LogP contribution in [0.15, 0.2) is 18.2 Å². The van der Waals surface area contributed by atoms with Gasteiger partial charge in [0.05, 0.1) is 19.8 Å². The van der Waals surface area contributed by atoms with Gasteiger partial charge in [0.2, 0.25) is 5.91 Å². The second-order valence-corrected chi connectivity index (χ2v) is 7.83. The molecule has 0 bridgehead atoms. The number of aliphatic hydroxyl groups excluding tert-OH is 1. The Labute approximate surface area is 171 Å². The van der Waals surface area contributed by atoms with Crippen LogP contribution in [0.4, 0.5) is 0 Å². The molecule has 1 atom stereocenters. The molecular formula is C21H31N3O5. The Kier molecular flexibility index (Phi) is 7.85. The molecule has 2 amide bonds. The minimum atomic E-state index is -1.02. The van der Waals surface area contributed by atoms with Crippen LogP contribution >= 0.6 is 0 Å². The molecular weight excluding hydrogens is 374 g/mol. The maximum Gasteiger partial charge on any atom is 0.252 e. The molecule has 0 spiro atoms. The van der Waals surface area contributed by atoms with E-state index in [1.54, 1.807) is 12.1 Å². The van der Waals surface area contributed by atoms with Crippen molar-refractivity contribution in [3.63, 3.8) is 0 Å². The smallest absolute Gasteiger partial charge is 0.252 e. The number of phenols is 1. The standard InChI is InChI=1S/C21H31N3O5/c25-14-19(21(28)22-17-4-2-1-3-5-17)23-20(27)16-10-15(11-18(26)12-16)13-24-6-8-29-9-7-24/h10-12,17,19,25-26H,1-9,13-14H2,(H,22,28)(H,23,27). The molecule has 4 N–H and O–H groups in total. The summed E-state index contributed by atoms with van der Waals surface area (Å²) < 4.78 is 5.34. The third-order valence-corrected chi connectivity index (χ3v) is 5.51. The summed E-state index contributed by atoms with van der Waals surface area (Å²) in [5, 5.41) is 25.1. The predicted octanol–water partition coefficient (Wildman–Crippen LogP) is 0.764. The minimum Gasteiger partial charge on any atom is -0.508 e. The van der Waals surface area contributed by atoms with E-state index in [9.17, 15) is 19.8 Å². The largest absolute Gasteiger partial charge is 0.508 e. The molecule has 8 nitrogen and oxygen atoms in total. The van der Waals surface area contributed by atoms with Gasteiger partial charge in [-0.1, -0.05) is 19.3 Å². The normalized spacial score (nSPS) is 19.5. The lowest BCUT2D eigenvalue weighted by Gasteiger charge is -2.27. The Morgan fingerprint density at radius 3 is 2.55 bits per heavy atom. The van der Waals surface area contributed by atoms with E-state index in [-0.39, 0.29) is 23.3 Å². The second-order valence-electron chi connectivity index (χ2n) is 7.83. The number of benzene rings is 1. The highest BCUT2D eigenvalue weighted by molar-refractivity contribution is 5.98. The Balaban J connectivity index is 1.61. The fourth-order valence-electron chi connectivity index (χ4n) is 3.90. The Hall–Kier alpha value is -2.16. The Morgan fingerprint density at radius 1 is 1.14 bits per heavy atom. The van der Waals surface area contributed by atoms with E-state index in [1.807, 2.05) is 0 Å². The van der Waals surface area contributed by atoms with Crippen LogP contribution < -0.4 is 10.6 Å². The van der Waals surface area contributed by atoms with Gasteiger partial charge in [-0.3, -0.25) is 14.5 Å². The number of carbonyl (C=O) groups excluding carboxylic acids is 2. The Bertz CT molecular complexity index is 700. The summed E-state index contributed by atoms with van der Waals surface area (Å²) in [5.41, 5.74) is 1.07. The van der Waals surface area contributed by atoms with Crippen molar-refractivity contribution in [2.45, 2.75) is 50.7 Å². The number of morpholine rings is 1. The molecule has 0 radical (unpaired) electrons. The minimum absolute atomic E-state index is 0.00637. The van der Waals surface area contributed by atoms with E-state index in [0.717, 1.165) is 44.3 Å². The summed E-state index contributed by atoms with van der Waals surface area (Å²) in [4.78, 5) is 27.3. The first kappa shape index (κ1) is 21.5. The summed E-state index contributed by atoms with van der Waals surface area (Å²) in [6, 6.07) is 3.78. The van der Waals surface area contributed by atoms with Gasteiger partial charge in [-0.15, -0.1) is 0 Å². The molecule has 1 heterocycles. The van der Waals surface area contributed by atoms with Gasteiger partial charge in [-0.05, 0) is 36.6 Å². The number of phenolic OH excluding ortho intramolecular Hbond substituents is 1. The number of ether oxygens (including phenoxy) is 1. The van der Waals surface area contributed by atoms with E-state index >= 15 is 0 Å². The van der Waals surface area contributed by atoms with Crippen molar-refractivity contribution in [3.05, 3.63) is 29.3 Å². The maximum atomic E-state index is 12.7. The lowest BCUT2D eigenvalue weighted by atomic mass is 9.95. The van der Waals surface area contributed by atoms with E-state index in [0.29, 0.717) is 19.8 Å². The van der Waals surface area contributed by atoms with Crippen LogP contribution in [0.5, 0.6) is 5.75 Å².